The lowest BCUT2D eigenvalue weighted by Gasteiger charge is -2.33. The summed E-state index contributed by atoms with van der Waals surface area (Å²) in [5.41, 5.74) is 1.15. The Hall–Kier alpha value is -2.29. The van der Waals surface area contributed by atoms with Gasteiger partial charge in [-0.3, -0.25) is 13.9 Å². The summed E-state index contributed by atoms with van der Waals surface area (Å²) in [7, 11) is -3.83. The van der Waals surface area contributed by atoms with Crippen LogP contribution in [-0.4, -0.2) is 49.5 Å². The van der Waals surface area contributed by atoms with Crippen molar-refractivity contribution in [3.8, 4) is 0 Å². The van der Waals surface area contributed by atoms with Crippen molar-refractivity contribution in [2.75, 3.05) is 17.1 Å². The van der Waals surface area contributed by atoms with Gasteiger partial charge in [0.05, 0.1) is 11.9 Å². The van der Waals surface area contributed by atoms with Crippen molar-refractivity contribution in [1.29, 1.82) is 0 Å². The first-order chi connectivity index (χ1) is 15.6. The predicted octanol–water partition coefficient (Wildman–Crippen LogP) is 4.40. The van der Waals surface area contributed by atoms with Crippen LogP contribution in [0, 0.1) is 6.92 Å². The van der Waals surface area contributed by atoms with Gasteiger partial charge in [-0.1, -0.05) is 41.4 Å². The number of carbonyl (C=O) groups excluding carboxylic acids is 2. The van der Waals surface area contributed by atoms with Gasteiger partial charge >= 0.3 is 0 Å². The normalized spacial score (nSPS) is 12.7. The summed E-state index contributed by atoms with van der Waals surface area (Å²) in [5, 5.41) is 3.71. The molecule has 10 heteroatoms. The van der Waals surface area contributed by atoms with E-state index in [-0.39, 0.29) is 12.5 Å². The highest BCUT2D eigenvalue weighted by Crippen LogP contribution is 2.27. The number of rotatable bonds is 8. The Labute approximate surface area is 212 Å². The molecule has 0 aliphatic heterocycles. The van der Waals surface area contributed by atoms with Gasteiger partial charge in [0.15, 0.2) is 0 Å². The number of carbonyl (C=O) groups is 2. The molecule has 2 aromatic rings. The van der Waals surface area contributed by atoms with Crippen LogP contribution in [0.1, 0.15) is 38.8 Å². The van der Waals surface area contributed by atoms with Crippen LogP contribution in [0.3, 0.4) is 0 Å². The smallest absolute Gasteiger partial charge is 0.244 e. The topological polar surface area (TPSA) is 86.8 Å². The van der Waals surface area contributed by atoms with Gasteiger partial charge in [-0.2, -0.15) is 0 Å². The molecule has 0 radical (unpaired) electrons. The van der Waals surface area contributed by atoms with Crippen LogP contribution in [0.5, 0.6) is 0 Å². The van der Waals surface area contributed by atoms with Crippen LogP contribution in [0.15, 0.2) is 42.5 Å². The van der Waals surface area contributed by atoms with Crippen LogP contribution in [0.25, 0.3) is 0 Å². The second kappa shape index (κ2) is 11.0. The summed E-state index contributed by atoms with van der Waals surface area (Å²) in [6.07, 6.45) is 1.03. The standard InChI is InChI=1S/C24H31Cl2N3O4S/c1-16-10-11-20(26)13-21(16)29(34(6,32)33)15-22(30)28(14-18-8-7-9-19(25)12-18)17(2)23(31)27-24(3,4)5/h7-13,17H,14-15H2,1-6H3,(H,27,31)/t17-/m0/s1. The zero-order chi connectivity index (χ0) is 25.8. The molecule has 0 fully saturated rings. The monoisotopic (exact) mass is 527 g/mol. The number of hydrogen-bond donors (Lipinski definition) is 1. The van der Waals surface area contributed by atoms with Crippen molar-refractivity contribution in [2.45, 2.75) is 52.7 Å². The third kappa shape index (κ3) is 7.89. The van der Waals surface area contributed by atoms with Crippen molar-refractivity contribution in [1.82, 2.24) is 10.2 Å². The van der Waals surface area contributed by atoms with E-state index in [2.05, 4.69) is 5.32 Å². The fraction of sp³-hybridized carbons (Fsp3) is 0.417. The van der Waals surface area contributed by atoms with Crippen LogP contribution < -0.4 is 9.62 Å². The lowest BCUT2D eigenvalue weighted by molar-refractivity contribution is -0.140. The number of anilines is 1. The van der Waals surface area contributed by atoms with Crippen molar-refractivity contribution >= 4 is 50.7 Å². The highest BCUT2D eigenvalue weighted by molar-refractivity contribution is 7.92. The SMILES string of the molecule is Cc1ccc(Cl)cc1N(CC(=O)N(Cc1cccc(Cl)c1)[C@@H](C)C(=O)NC(C)(C)C)S(C)(=O)=O. The quantitative estimate of drug-likeness (QED) is 0.551. The average molecular weight is 529 g/mol. The fourth-order valence-corrected chi connectivity index (χ4v) is 4.61. The molecule has 0 aliphatic rings. The molecule has 1 N–H and O–H groups in total. The molecular formula is C24H31Cl2N3O4S. The van der Waals surface area contributed by atoms with Gasteiger partial charge in [-0.25, -0.2) is 8.42 Å². The number of halogens is 2. The van der Waals surface area contributed by atoms with Crippen LogP contribution in [0.4, 0.5) is 5.69 Å². The van der Waals surface area contributed by atoms with Gasteiger partial charge in [0, 0.05) is 22.1 Å². The summed E-state index contributed by atoms with van der Waals surface area (Å²) in [6.45, 7) is 8.45. The van der Waals surface area contributed by atoms with E-state index in [4.69, 9.17) is 23.2 Å². The van der Waals surface area contributed by atoms with Crippen molar-refractivity contribution in [2.24, 2.45) is 0 Å². The molecule has 2 amide bonds. The first-order valence-corrected chi connectivity index (χ1v) is 13.3. The van der Waals surface area contributed by atoms with E-state index in [9.17, 15) is 18.0 Å². The lowest BCUT2D eigenvalue weighted by Crippen LogP contribution is -2.54. The number of nitrogens with one attached hydrogen (secondary N) is 1. The van der Waals surface area contributed by atoms with Gasteiger partial charge in [0.2, 0.25) is 21.8 Å². The molecule has 0 unspecified atom stereocenters. The maximum atomic E-state index is 13.5. The van der Waals surface area contributed by atoms with Gasteiger partial charge < -0.3 is 10.2 Å². The molecule has 0 bridgehead atoms. The number of hydrogen-bond acceptors (Lipinski definition) is 4. The molecule has 0 saturated heterocycles. The number of nitrogens with zero attached hydrogens (tertiary/aromatic N) is 2. The Bertz CT molecular complexity index is 1160. The third-order valence-electron chi connectivity index (χ3n) is 5.03. The number of sulfonamides is 1. The van der Waals surface area contributed by atoms with Gasteiger partial charge in [-0.05, 0) is 70.0 Å². The zero-order valence-corrected chi connectivity index (χ0v) is 22.6. The van der Waals surface area contributed by atoms with E-state index in [0.717, 1.165) is 10.6 Å². The molecule has 1 atom stereocenters. The van der Waals surface area contributed by atoms with E-state index in [1.54, 1.807) is 50.2 Å². The second-order valence-electron chi connectivity index (χ2n) is 9.27. The van der Waals surface area contributed by atoms with Crippen LogP contribution >= 0.6 is 23.2 Å². The Balaban J connectivity index is 2.45. The lowest BCUT2D eigenvalue weighted by atomic mass is 10.1. The van der Waals surface area contributed by atoms with E-state index < -0.39 is 34.1 Å². The summed E-state index contributed by atoms with van der Waals surface area (Å²) >= 11 is 12.2. The molecule has 2 aromatic carbocycles. The molecule has 0 aromatic heterocycles. The summed E-state index contributed by atoms with van der Waals surface area (Å²) in [5.74, 6) is -0.894. The fourth-order valence-electron chi connectivity index (χ4n) is 3.33. The van der Waals surface area contributed by atoms with E-state index in [1.807, 2.05) is 20.8 Å². The third-order valence-corrected chi connectivity index (χ3v) is 6.62. The summed E-state index contributed by atoms with van der Waals surface area (Å²) in [6, 6.07) is 10.9. The van der Waals surface area contributed by atoms with Gasteiger partial charge in [-0.15, -0.1) is 0 Å². The highest BCUT2D eigenvalue weighted by Gasteiger charge is 2.31. The van der Waals surface area contributed by atoms with Crippen molar-refractivity contribution in [3.05, 3.63) is 63.6 Å². The molecule has 0 spiro atoms. The molecule has 2 rings (SSSR count). The minimum absolute atomic E-state index is 0.0737. The highest BCUT2D eigenvalue weighted by atomic mass is 35.5. The molecule has 0 heterocycles. The molecule has 7 nitrogen and oxygen atoms in total. The molecule has 34 heavy (non-hydrogen) atoms. The Morgan fingerprint density at radius 3 is 2.24 bits per heavy atom. The Morgan fingerprint density at radius 1 is 1.06 bits per heavy atom. The number of amides is 2. The van der Waals surface area contributed by atoms with E-state index in [0.29, 0.717) is 26.9 Å². The van der Waals surface area contributed by atoms with E-state index in [1.165, 1.54) is 11.0 Å². The molecular weight excluding hydrogens is 497 g/mol. The molecule has 0 aliphatic carbocycles. The second-order valence-corrected chi connectivity index (χ2v) is 12.0. The van der Waals surface area contributed by atoms with Crippen molar-refractivity contribution < 1.29 is 18.0 Å². The zero-order valence-electron chi connectivity index (χ0n) is 20.2. The summed E-state index contributed by atoms with van der Waals surface area (Å²) in [4.78, 5) is 27.8. The van der Waals surface area contributed by atoms with Gasteiger partial charge in [0.25, 0.3) is 0 Å². The van der Waals surface area contributed by atoms with E-state index >= 15 is 0 Å². The predicted molar refractivity (Wildman–Crippen MR) is 138 cm³/mol. The van der Waals surface area contributed by atoms with Gasteiger partial charge in [0.1, 0.15) is 12.6 Å². The maximum Gasteiger partial charge on any atom is 0.244 e. The largest absolute Gasteiger partial charge is 0.350 e. The first-order valence-electron chi connectivity index (χ1n) is 10.7. The van der Waals surface area contributed by atoms with Crippen LogP contribution in [-0.2, 0) is 26.2 Å². The number of aryl methyl sites for hydroxylation is 1. The van der Waals surface area contributed by atoms with Crippen molar-refractivity contribution in [3.63, 3.8) is 0 Å². The average Bonchev–Trinajstić information content (AvgIpc) is 2.69. The molecule has 0 saturated carbocycles. The minimum atomic E-state index is -3.83. The molecule has 186 valence electrons. The summed E-state index contributed by atoms with van der Waals surface area (Å²) < 4.78 is 26.3. The Kier molecular flexibility index (Phi) is 9.02. The first kappa shape index (κ1) is 28.0. The van der Waals surface area contributed by atoms with Crippen LogP contribution in [0.2, 0.25) is 10.0 Å². The Morgan fingerprint density at radius 2 is 1.68 bits per heavy atom. The number of benzene rings is 2. The maximum absolute atomic E-state index is 13.5. The minimum Gasteiger partial charge on any atom is -0.350 e.